The smallest absolute Gasteiger partial charge is 0.275 e. The highest BCUT2D eigenvalue weighted by Crippen LogP contribution is 2.29. The van der Waals surface area contributed by atoms with Crippen LogP contribution in [0.2, 0.25) is 5.02 Å². The Hall–Kier alpha value is -2.73. The summed E-state index contributed by atoms with van der Waals surface area (Å²) in [6.07, 6.45) is 1.61. The zero-order valence-corrected chi connectivity index (χ0v) is 16.3. The van der Waals surface area contributed by atoms with Crippen LogP contribution in [0, 0.1) is 6.92 Å². The monoisotopic (exact) mass is 395 g/mol. The second-order valence-electron chi connectivity index (χ2n) is 6.37. The van der Waals surface area contributed by atoms with Gasteiger partial charge in [0.25, 0.3) is 5.91 Å². The minimum Gasteiger partial charge on any atom is -0.395 e. The zero-order chi connectivity index (χ0) is 19.9. The molecule has 1 aromatic heterocycles. The fraction of sp³-hybridized carbons (Fsp3) is 0.182. The molecule has 5 nitrogen and oxygen atoms in total. The summed E-state index contributed by atoms with van der Waals surface area (Å²) < 4.78 is 0. The highest BCUT2D eigenvalue weighted by atomic mass is 35.5. The van der Waals surface area contributed by atoms with Crippen molar-refractivity contribution >= 4 is 23.2 Å². The molecule has 28 heavy (non-hydrogen) atoms. The van der Waals surface area contributed by atoms with E-state index in [1.165, 1.54) is 0 Å². The lowest BCUT2D eigenvalue weighted by Crippen LogP contribution is -2.19. The fourth-order valence-electron chi connectivity index (χ4n) is 2.94. The quantitative estimate of drug-likeness (QED) is 0.528. The van der Waals surface area contributed by atoms with Gasteiger partial charge in [-0.05, 0) is 41.3 Å². The summed E-state index contributed by atoms with van der Waals surface area (Å²) >= 11 is 6.27. The Morgan fingerprint density at radius 1 is 1.14 bits per heavy atom. The molecule has 0 unspecified atom stereocenters. The van der Waals surface area contributed by atoms with Gasteiger partial charge in [-0.15, -0.1) is 0 Å². The maximum atomic E-state index is 12.7. The summed E-state index contributed by atoms with van der Waals surface area (Å²) in [6, 6.07) is 17.5. The molecule has 144 valence electrons. The number of nitrogens with one attached hydrogen (secondary N) is 2. The highest BCUT2D eigenvalue weighted by Gasteiger charge is 2.15. The van der Waals surface area contributed by atoms with Crippen molar-refractivity contribution in [3.05, 3.63) is 82.6 Å². The first kappa shape index (κ1) is 20.0. The molecule has 0 aliphatic rings. The second-order valence-corrected chi connectivity index (χ2v) is 6.78. The van der Waals surface area contributed by atoms with Crippen molar-refractivity contribution in [3.8, 4) is 11.1 Å². The SMILES string of the molecule is Cc1c(NC(=O)c2ncc(CNCCO)cc2Cl)cccc1-c1ccccc1. The van der Waals surface area contributed by atoms with Crippen LogP contribution < -0.4 is 10.6 Å². The summed E-state index contributed by atoms with van der Waals surface area (Å²) in [5.41, 5.74) is 4.87. The van der Waals surface area contributed by atoms with Gasteiger partial charge in [-0.3, -0.25) is 4.79 Å². The maximum absolute atomic E-state index is 12.7. The first-order valence-corrected chi connectivity index (χ1v) is 9.40. The molecule has 2 aromatic carbocycles. The van der Waals surface area contributed by atoms with Crippen LogP contribution in [0.5, 0.6) is 0 Å². The van der Waals surface area contributed by atoms with Gasteiger partial charge in [-0.1, -0.05) is 54.1 Å². The van der Waals surface area contributed by atoms with Crippen molar-refractivity contribution < 1.29 is 9.90 Å². The number of carbonyl (C=O) groups excluding carboxylic acids is 1. The third kappa shape index (κ3) is 4.75. The molecule has 1 heterocycles. The Kier molecular flexibility index (Phi) is 6.76. The molecule has 6 heteroatoms. The number of halogens is 1. The molecular weight excluding hydrogens is 374 g/mol. The van der Waals surface area contributed by atoms with Gasteiger partial charge in [0.15, 0.2) is 0 Å². The second kappa shape index (κ2) is 9.46. The summed E-state index contributed by atoms with van der Waals surface area (Å²) in [5.74, 6) is -0.354. The minimum atomic E-state index is -0.354. The van der Waals surface area contributed by atoms with Crippen LogP contribution in [0.3, 0.4) is 0 Å². The van der Waals surface area contributed by atoms with Gasteiger partial charge in [0.2, 0.25) is 0 Å². The molecule has 0 aliphatic carbocycles. The number of benzene rings is 2. The van der Waals surface area contributed by atoms with E-state index in [2.05, 4.69) is 15.6 Å². The maximum Gasteiger partial charge on any atom is 0.275 e. The lowest BCUT2D eigenvalue weighted by atomic mass is 9.99. The number of hydrogen-bond acceptors (Lipinski definition) is 4. The number of rotatable bonds is 7. The minimum absolute atomic E-state index is 0.0586. The predicted molar refractivity (Wildman–Crippen MR) is 113 cm³/mol. The van der Waals surface area contributed by atoms with Gasteiger partial charge in [0.1, 0.15) is 5.69 Å². The van der Waals surface area contributed by atoms with Crippen molar-refractivity contribution in [1.82, 2.24) is 10.3 Å². The largest absolute Gasteiger partial charge is 0.395 e. The molecule has 3 rings (SSSR count). The van der Waals surface area contributed by atoms with Gasteiger partial charge < -0.3 is 15.7 Å². The molecule has 0 aliphatic heterocycles. The van der Waals surface area contributed by atoms with Gasteiger partial charge in [0, 0.05) is 25.0 Å². The number of amides is 1. The van der Waals surface area contributed by atoms with E-state index >= 15 is 0 Å². The van der Waals surface area contributed by atoms with Crippen LogP contribution in [-0.4, -0.2) is 29.1 Å². The van der Waals surface area contributed by atoms with E-state index < -0.39 is 0 Å². The molecule has 0 fully saturated rings. The summed E-state index contributed by atoms with van der Waals surface area (Å²) in [5, 5.41) is 15.1. The van der Waals surface area contributed by atoms with E-state index in [-0.39, 0.29) is 23.2 Å². The molecule has 0 spiro atoms. The Morgan fingerprint density at radius 2 is 1.93 bits per heavy atom. The van der Waals surface area contributed by atoms with Crippen molar-refractivity contribution in [2.45, 2.75) is 13.5 Å². The van der Waals surface area contributed by atoms with Gasteiger partial charge in [-0.2, -0.15) is 0 Å². The van der Waals surface area contributed by atoms with E-state index in [1.54, 1.807) is 12.3 Å². The predicted octanol–water partition coefficient (Wildman–Crippen LogP) is 4.04. The number of aromatic nitrogens is 1. The molecule has 0 atom stereocenters. The Bertz CT molecular complexity index is 961. The molecule has 1 amide bonds. The van der Waals surface area contributed by atoms with Crippen LogP contribution in [0.25, 0.3) is 11.1 Å². The van der Waals surface area contributed by atoms with E-state index in [4.69, 9.17) is 16.7 Å². The number of aliphatic hydroxyl groups excluding tert-OH is 1. The lowest BCUT2D eigenvalue weighted by molar-refractivity contribution is 0.102. The van der Waals surface area contributed by atoms with Crippen molar-refractivity contribution in [2.24, 2.45) is 0 Å². The van der Waals surface area contributed by atoms with Crippen LogP contribution in [0.15, 0.2) is 60.8 Å². The number of carbonyl (C=O) groups is 1. The number of nitrogens with zero attached hydrogens (tertiary/aromatic N) is 1. The van der Waals surface area contributed by atoms with Gasteiger partial charge in [-0.25, -0.2) is 4.98 Å². The van der Waals surface area contributed by atoms with E-state index in [9.17, 15) is 4.79 Å². The first-order valence-electron chi connectivity index (χ1n) is 9.02. The topological polar surface area (TPSA) is 74.2 Å². The highest BCUT2D eigenvalue weighted by molar-refractivity contribution is 6.34. The number of aliphatic hydroxyl groups is 1. The Labute approximate surface area is 169 Å². The molecule has 3 N–H and O–H groups in total. The molecule has 0 radical (unpaired) electrons. The van der Waals surface area contributed by atoms with E-state index in [0.717, 1.165) is 27.9 Å². The number of hydrogen-bond donors (Lipinski definition) is 3. The summed E-state index contributed by atoms with van der Waals surface area (Å²) in [4.78, 5) is 16.9. The Morgan fingerprint density at radius 3 is 2.64 bits per heavy atom. The lowest BCUT2D eigenvalue weighted by Gasteiger charge is -2.13. The summed E-state index contributed by atoms with van der Waals surface area (Å²) in [6.45, 7) is 3.04. The van der Waals surface area contributed by atoms with Crippen LogP contribution in [-0.2, 0) is 6.54 Å². The van der Waals surface area contributed by atoms with Gasteiger partial charge >= 0.3 is 0 Å². The molecule has 0 saturated carbocycles. The number of pyridine rings is 1. The van der Waals surface area contributed by atoms with Crippen LogP contribution in [0.1, 0.15) is 21.6 Å². The molecule has 0 saturated heterocycles. The average Bonchev–Trinajstić information content (AvgIpc) is 2.70. The van der Waals surface area contributed by atoms with E-state index in [0.29, 0.717) is 13.1 Å². The average molecular weight is 396 g/mol. The number of anilines is 1. The molecular formula is C22H22ClN3O2. The van der Waals surface area contributed by atoms with E-state index in [1.807, 2.05) is 55.5 Å². The Balaban J connectivity index is 1.78. The van der Waals surface area contributed by atoms with Crippen molar-refractivity contribution in [3.63, 3.8) is 0 Å². The summed E-state index contributed by atoms with van der Waals surface area (Å²) in [7, 11) is 0. The van der Waals surface area contributed by atoms with Crippen LogP contribution >= 0.6 is 11.6 Å². The fourth-order valence-corrected chi connectivity index (χ4v) is 3.21. The third-order valence-corrected chi connectivity index (χ3v) is 4.69. The first-order chi connectivity index (χ1) is 13.6. The normalized spacial score (nSPS) is 10.7. The van der Waals surface area contributed by atoms with Crippen molar-refractivity contribution in [2.75, 3.05) is 18.5 Å². The molecule has 3 aromatic rings. The van der Waals surface area contributed by atoms with Gasteiger partial charge in [0.05, 0.1) is 11.6 Å². The molecule has 0 bridgehead atoms. The third-order valence-electron chi connectivity index (χ3n) is 4.40. The standard InChI is InChI=1S/C22H22ClN3O2/c1-15-18(17-6-3-2-4-7-17)8-5-9-20(15)26-22(28)21-19(23)12-16(14-25-21)13-24-10-11-27/h2-9,12,14,24,27H,10-11,13H2,1H3,(H,26,28). The zero-order valence-electron chi connectivity index (χ0n) is 15.6. The van der Waals surface area contributed by atoms with Crippen molar-refractivity contribution in [1.29, 1.82) is 0 Å². The van der Waals surface area contributed by atoms with Crippen LogP contribution in [0.4, 0.5) is 5.69 Å².